The Balaban J connectivity index is 2.02. The summed E-state index contributed by atoms with van der Waals surface area (Å²) in [5, 5.41) is 15.4. The molecule has 0 aliphatic heterocycles. The van der Waals surface area contributed by atoms with Crippen LogP contribution in [0, 0.1) is 10.1 Å². The van der Waals surface area contributed by atoms with E-state index >= 15 is 0 Å². The number of hydrogen-bond acceptors (Lipinski definition) is 4. The lowest BCUT2D eigenvalue weighted by Crippen LogP contribution is -1.92. The van der Waals surface area contributed by atoms with E-state index < -0.39 is 4.92 Å². The molecule has 2 rings (SSSR count). The normalized spacial score (nSPS) is 10.7. The number of hydrogen-bond donors (Lipinski definition) is 1. The molecule has 0 saturated carbocycles. The molecule has 1 N–H and O–H groups in total. The number of nitrogens with zero attached hydrogens (tertiary/aromatic N) is 2. The number of anilines is 1. The van der Waals surface area contributed by atoms with Gasteiger partial charge in [-0.3, -0.25) is 15.5 Å². The zero-order valence-electron chi connectivity index (χ0n) is 10.1. The third kappa shape index (κ3) is 3.69. The first kappa shape index (κ1) is 14.3. The molecule has 5 nitrogen and oxygen atoms in total. The van der Waals surface area contributed by atoms with Gasteiger partial charge < -0.3 is 0 Å². The van der Waals surface area contributed by atoms with E-state index in [1.54, 1.807) is 36.5 Å². The lowest BCUT2D eigenvalue weighted by molar-refractivity contribution is -0.384. The quantitative estimate of drug-likeness (QED) is 0.518. The van der Waals surface area contributed by atoms with Crippen molar-refractivity contribution in [1.29, 1.82) is 0 Å². The fourth-order valence-electron chi connectivity index (χ4n) is 1.43. The van der Waals surface area contributed by atoms with Crippen molar-refractivity contribution in [3.05, 3.63) is 68.2 Å². The topological polar surface area (TPSA) is 67.5 Å². The zero-order valence-corrected chi connectivity index (χ0v) is 11.6. The smallest absolute Gasteiger partial charge is 0.269 e. The zero-order chi connectivity index (χ0) is 14.5. The molecule has 0 heterocycles. The molecule has 0 saturated heterocycles. The molecule has 0 aromatic heterocycles. The van der Waals surface area contributed by atoms with E-state index in [2.05, 4.69) is 10.5 Å². The van der Waals surface area contributed by atoms with Gasteiger partial charge in [0.1, 0.15) is 0 Å². The minimum atomic E-state index is -0.456. The van der Waals surface area contributed by atoms with Crippen molar-refractivity contribution in [3.63, 3.8) is 0 Å². The van der Waals surface area contributed by atoms with Gasteiger partial charge in [0.15, 0.2) is 0 Å². The van der Waals surface area contributed by atoms with Crippen LogP contribution in [0.1, 0.15) is 5.56 Å². The van der Waals surface area contributed by atoms with Gasteiger partial charge in [0, 0.05) is 12.1 Å². The van der Waals surface area contributed by atoms with Gasteiger partial charge in [-0.1, -0.05) is 29.3 Å². The van der Waals surface area contributed by atoms with Crippen LogP contribution >= 0.6 is 23.2 Å². The van der Waals surface area contributed by atoms with Crippen LogP contribution in [0.3, 0.4) is 0 Å². The Bertz CT molecular complexity index is 657. The van der Waals surface area contributed by atoms with Gasteiger partial charge >= 0.3 is 0 Å². The second-order valence-electron chi connectivity index (χ2n) is 3.85. The molecule has 0 radical (unpaired) electrons. The SMILES string of the molecule is O=[N+]([O-])c1ccc(NN=Cc2ccc(Cl)c(Cl)c2)cc1. The van der Waals surface area contributed by atoms with E-state index in [1.807, 2.05) is 0 Å². The fourth-order valence-corrected chi connectivity index (χ4v) is 1.74. The molecule has 0 amide bonds. The third-order valence-electron chi connectivity index (χ3n) is 2.43. The molecule has 0 aliphatic carbocycles. The van der Waals surface area contributed by atoms with Gasteiger partial charge in [-0.25, -0.2) is 0 Å². The summed E-state index contributed by atoms with van der Waals surface area (Å²) in [6, 6.07) is 11.1. The van der Waals surface area contributed by atoms with Crippen molar-refractivity contribution in [2.24, 2.45) is 5.10 Å². The molecule has 0 bridgehead atoms. The van der Waals surface area contributed by atoms with Crippen LogP contribution in [0.5, 0.6) is 0 Å². The first-order valence-electron chi connectivity index (χ1n) is 5.55. The highest BCUT2D eigenvalue weighted by Crippen LogP contribution is 2.22. The van der Waals surface area contributed by atoms with E-state index in [0.29, 0.717) is 15.7 Å². The second-order valence-corrected chi connectivity index (χ2v) is 4.66. The van der Waals surface area contributed by atoms with Crippen molar-refractivity contribution in [2.75, 3.05) is 5.43 Å². The van der Waals surface area contributed by atoms with Crippen molar-refractivity contribution in [1.82, 2.24) is 0 Å². The van der Waals surface area contributed by atoms with Gasteiger partial charge in [0.05, 0.1) is 26.9 Å². The summed E-state index contributed by atoms with van der Waals surface area (Å²) in [6.07, 6.45) is 1.57. The minimum Gasteiger partial charge on any atom is -0.278 e. The Kier molecular flexibility index (Phi) is 4.55. The van der Waals surface area contributed by atoms with Gasteiger partial charge in [-0.15, -0.1) is 0 Å². The molecule has 2 aromatic rings. The van der Waals surface area contributed by atoms with Crippen LogP contribution in [0.4, 0.5) is 11.4 Å². The molecular formula is C13H9Cl2N3O2. The highest BCUT2D eigenvalue weighted by Gasteiger charge is 2.02. The van der Waals surface area contributed by atoms with Crippen LogP contribution in [-0.2, 0) is 0 Å². The highest BCUT2D eigenvalue weighted by atomic mass is 35.5. The van der Waals surface area contributed by atoms with Crippen molar-refractivity contribution in [3.8, 4) is 0 Å². The number of hydrazone groups is 1. The minimum absolute atomic E-state index is 0.0315. The van der Waals surface area contributed by atoms with Gasteiger partial charge in [-0.05, 0) is 29.8 Å². The Morgan fingerprint density at radius 1 is 1.10 bits per heavy atom. The molecule has 7 heteroatoms. The summed E-state index contributed by atoms with van der Waals surface area (Å²) in [5.41, 5.74) is 4.23. The number of nitro groups is 1. The van der Waals surface area contributed by atoms with Crippen LogP contribution in [-0.4, -0.2) is 11.1 Å². The number of halogens is 2. The standard InChI is InChI=1S/C13H9Cl2N3O2/c14-12-6-1-9(7-13(12)15)8-16-17-10-2-4-11(5-3-10)18(19)20/h1-8,17H. The first-order valence-corrected chi connectivity index (χ1v) is 6.30. The summed E-state index contributed by atoms with van der Waals surface area (Å²) in [4.78, 5) is 10.0. The van der Waals surface area contributed by atoms with E-state index in [1.165, 1.54) is 12.1 Å². The Hall–Kier alpha value is -2.11. The highest BCUT2D eigenvalue weighted by molar-refractivity contribution is 6.42. The maximum absolute atomic E-state index is 10.5. The monoisotopic (exact) mass is 309 g/mol. The summed E-state index contributed by atoms with van der Waals surface area (Å²) >= 11 is 11.7. The molecule has 0 unspecified atom stereocenters. The van der Waals surface area contributed by atoms with Crippen LogP contribution in [0.2, 0.25) is 10.0 Å². The fraction of sp³-hybridized carbons (Fsp3) is 0. The van der Waals surface area contributed by atoms with Crippen molar-refractivity contribution < 1.29 is 4.92 Å². The maximum Gasteiger partial charge on any atom is 0.269 e. The van der Waals surface area contributed by atoms with E-state index in [0.717, 1.165) is 5.56 Å². The van der Waals surface area contributed by atoms with Crippen LogP contribution in [0.25, 0.3) is 0 Å². The van der Waals surface area contributed by atoms with Gasteiger partial charge in [-0.2, -0.15) is 5.10 Å². The lowest BCUT2D eigenvalue weighted by Gasteiger charge is -2.00. The van der Waals surface area contributed by atoms with Crippen molar-refractivity contribution >= 4 is 40.8 Å². The lowest BCUT2D eigenvalue weighted by atomic mass is 10.2. The van der Waals surface area contributed by atoms with E-state index in [4.69, 9.17) is 23.2 Å². The maximum atomic E-state index is 10.5. The molecule has 0 fully saturated rings. The van der Waals surface area contributed by atoms with Gasteiger partial charge in [0.2, 0.25) is 0 Å². The van der Waals surface area contributed by atoms with Crippen LogP contribution in [0.15, 0.2) is 47.6 Å². The number of non-ortho nitro benzene ring substituents is 1. The predicted octanol–water partition coefficient (Wildman–Crippen LogP) is 4.35. The average Bonchev–Trinajstić information content (AvgIpc) is 2.43. The largest absolute Gasteiger partial charge is 0.278 e. The molecular weight excluding hydrogens is 301 g/mol. The number of rotatable bonds is 4. The predicted molar refractivity (Wildman–Crippen MR) is 80.8 cm³/mol. The Morgan fingerprint density at radius 2 is 1.80 bits per heavy atom. The molecule has 0 aliphatic rings. The van der Waals surface area contributed by atoms with Gasteiger partial charge in [0.25, 0.3) is 5.69 Å². The Morgan fingerprint density at radius 3 is 2.40 bits per heavy atom. The molecule has 102 valence electrons. The van der Waals surface area contributed by atoms with Crippen molar-refractivity contribution in [2.45, 2.75) is 0 Å². The summed E-state index contributed by atoms with van der Waals surface area (Å²) in [7, 11) is 0. The summed E-state index contributed by atoms with van der Waals surface area (Å²) in [6.45, 7) is 0. The molecule has 0 atom stereocenters. The average molecular weight is 310 g/mol. The molecule has 20 heavy (non-hydrogen) atoms. The summed E-state index contributed by atoms with van der Waals surface area (Å²) < 4.78 is 0. The number of nitro benzene ring substituents is 1. The first-order chi connectivity index (χ1) is 9.56. The second kappa shape index (κ2) is 6.36. The number of nitrogens with one attached hydrogen (secondary N) is 1. The number of benzene rings is 2. The molecule has 0 spiro atoms. The van der Waals surface area contributed by atoms with E-state index in [-0.39, 0.29) is 5.69 Å². The van der Waals surface area contributed by atoms with Crippen LogP contribution < -0.4 is 5.43 Å². The third-order valence-corrected chi connectivity index (χ3v) is 3.17. The molecule has 2 aromatic carbocycles. The summed E-state index contributed by atoms with van der Waals surface area (Å²) in [5.74, 6) is 0. The Labute approximate surface area is 125 Å². The van der Waals surface area contributed by atoms with E-state index in [9.17, 15) is 10.1 Å².